The fourth-order valence-electron chi connectivity index (χ4n) is 8.52. The van der Waals surface area contributed by atoms with Gasteiger partial charge < -0.3 is 15.0 Å². The van der Waals surface area contributed by atoms with Crippen LogP contribution >= 0.6 is 23.4 Å². The van der Waals surface area contributed by atoms with Gasteiger partial charge in [-0.05, 0) is 118 Å². The minimum absolute atomic E-state index is 0.00448. The summed E-state index contributed by atoms with van der Waals surface area (Å²) in [5.74, 6) is 0.395. The lowest BCUT2D eigenvalue weighted by atomic mass is 9.76. The van der Waals surface area contributed by atoms with Crippen LogP contribution in [0.5, 0.6) is 0 Å². The van der Waals surface area contributed by atoms with Gasteiger partial charge in [0, 0.05) is 59.9 Å². The first-order valence-corrected chi connectivity index (χ1v) is 25.3. The summed E-state index contributed by atoms with van der Waals surface area (Å²) in [4.78, 5) is 12.1. The summed E-state index contributed by atoms with van der Waals surface area (Å²) in [7, 11) is -5.14. The summed E-state index contributed by atoms with van der Waals surface area (Å²) in [5, 5.41) is 3.68. The third-order valence-electron chi connectivity index (χ3n) is 12.1. The summed E-state index contributed by atoms with van der Waals surface area (Å²) >= 11 is 7.64. The number of nitrogens with zero attached hydrogens (tertiary/aromatic N) is 4. The van der Waals surface area contributed by atoms with Gasteiger partial charge in [0.15, 0.2) is 0 Å². The van der Waals surface area contributed by atoms with E-state index in [-0.39, 0.29) is 23.1 Å². The maximum absolute atomic E-state index is 14.2. The van der Waals surface area contributed by atoms with Crippen molar-refractivity contribution in [2.75, 3.05) is 50.1 Å². The van der Waals surface area contributed by atoms with Crippen molar-refractivity contribution in [3.63, 3.8) is 0 Å². The molecule has 0 radical (unpaired) electrons. The van der Waals surface area contributed by atoms with Crippen LogP contribution in [0.2, 0.25) is 5.02 Å². The van der Waals surface area contributed by atoms with Crippen molar-refractivity contribution >= 4 is 54.7 Å². The molecule has 342 valence electrons. The molecule has 0 amide bonds. The third kappa shape index (κ3) is 11.2. The SMILES string of the molecule is COC1(Cc2ccccc2-c2ccc(Cl)cc2)CCC(N2CCc3c(ncnc3NS(=O)(=O)c3ccc(N[C@H](CCN(C)C)CSc4ccccc4)c(S(=O)(=O)C(F)(F)F)c3)C2)CC1. The van der Waals surface area contributed by atoms with Gasteiger partial charge in [-0.2, -0.15) is 13.2 Å². The van der Waals surface area contributed by atoms with Gasteiger partial charge >= 0.3 is 5.51 Å². The molecule has 0 spiro atoms. The molecule has 7 rings (SSSR count). The van der Waals surface area contributed by atoms with Crippen LogP contribution in [0.3, 0.4) is 0 Å². The highest BCUT2D eigenvalue weighted by Crippen LogP contribution is 2.41. The normalized spacial score (nSPS) is 19.0. The number of aromatic nitrogens is 2. The number of methoxy groups -OCH3 is 1. The second kappa shape index (κ2) is 20.1. The second-order valence-corrected chi connectivity index (χ2v) is 21.7. The zero-order valence-electron chi connectivity index (χ0n) is 35.8. The van der Waals surface area contributed by atoms with E-state index in [0.717, 1.165) is 60.3 Å². The quantitative estimate of drug-likeness (QED) is 0.0865. The molecule has 0 saturated heterocycles. The number of sulfone groups is 1. The lowest BCUT2D eigenvalue weighted by Crippen LogP contribution is -2.47. The molecule has 2 aliphatic rings. The monoisotopic (exact) mass is 956 g/mol. The molecule has 64 heavy (non-hydrogen) atoms. The number of fused-ring (bicyclic) bond motifs is 1. The van der Waals surface area contributed by atoms with E-state index in [0.29, 0.717) is 60.6 Å². The van der Waals surface area contributed by atoms with Crippen LogP contribution in [0.15, 0.2) is 118 Å². The van der Waals surface area contributed by atoms with Crippen molar-refractivity contribution in [2.45, 2.75) is 89.4 Å². The molecule has 1 saturated carbocycles. The van der Waals surface area contributed by atoms with Gasteiger partial charge in [-0.1, -0.05) is 66.2 Å². The predicted octanol–water partition coefficient (Wildman–Crippen LogP) is 9.34. The average molecular weight is 958 g/mol. The second-order valence-electron chi connectivity index (χ2n) is 16.6. The Labute approximate surface area is 383 Å². The van der Waals surface area contributed by atoms with E-state index in [1.807, 2.05) is 85.7 Å². The Morgan fingerprint density at radius 2 is 1.66 bits per heavy atom. The standard InChI is InChI=1S/C46H52ClF3N6O5S3/c1-55(2)25-21-35(30-62-37-10-5-4-6-11-37)53-41-18-17-38(27-43(41)63(57,58)46(48,49)50)64(59,60)54-44-40-22-26-56(29-42(40)51-31-52-44)36-19-23-45(61-3,24-20-36)28-33-9-7-8-12-39(33)32-13-15-34(47)16-14-32/h4-18,27,31,35-36,53H,19-26,28-30H2,1-3H3,(H,51,52,54)/t35-,36?,45?/m1/s1. The number of rotatable bonds is 17. The van der Waals surface area contributed by atoms with Crippen molar-refractivity contribution in [3.8, 4) is 11.1 Å². The predicted molar refractivity (Wildman–Crippen MR) is 247 cm³/mol. The summed E-state index contributed by atoms with van der Waals surface area (Å²) in [6.07, 6.45) is 6.33. The third-order valence-corrected chi connectivity index (χ3v) is 16.4. The number of sulfonamides is 1. The fourth-order valence-corrected chi connectivity index (χ4v) is 11.7. The number of hydrogen-bond donors (Lipinski definition) is 2. The Balaban J connectivity index is 1.06. The van der Waals surface area contributed by atoms with Crippen LogP contribution in [-0.2, 0) is 44.0 Å². The Hall–Kier alpha value is -4.23. The highest BCUT2D eigenvalue weighted by Gasteiger charge is 2.48. The number of alkyl halides is 3. The summed E-state index contributed by atoms with van der Waals surface area (Å²) < 4.78 is 105. The van der Waals surface area contributed by atoms with Crippen molar-refractivity contribution < 1.29 is 34.7 Å². The topological polar surface area (TPSA) is 134 Å². The van der Waals surface area contributed by atoms with Gasteiger partial charge in [0.05, 0.1) is 21.9 Å². The molecular weight excluding hydrogens is 905 g/mol. The maximum atomic E-state index is 14.2. The molecular formula is C46H52ClF3N6O5S3. The van der Waals surface area contributed by atoms with Crippen molar-refractivity contribution in [3.05, 3.63) is 125 Å². The molecule has 11 nitrogen and oxygen atoms in total. The zero-order chi connectivity index (χ0) is 45.7. The molecule has 0 unspecified atom stereocenters. The number of thioether (sulfide) groups is 1. The number of nitrogens with one attached hydrogen (secondary N) is 2. The van der Waals surface area contributed by atoms with Crippen LogP contribution in [-0.4, -0.2) is 99.8 Å². The Morgan fingerprint density at radius 1 is 0.953 bits per heavy atom. The van der Waals surface area contributed by atoms with E-state index in [4.69, 9.17) is 16.3 Å². The Bertz CT molecular complexity index is 2620. The van der Waals surface area contributed by atoms with Gasteiger partial charge in [0.2, 0.25) is 0 Å². The van der Waals surface area contributed by atoms with Crippen molar-refractivity contribution in [1.29, 1.82) is 0 Å². The first kappa shape index (κ1) is 47.7. The Morgan fingerprint density at radius 3 is 2.34 bits per heavy atom. The van der Waals surface area contributed by atoms with Gasteiger partial charge in [-0.15, -0.1) is 11.8 Å². The molecule has 4 aromatic carbocycles. The van der Waals surface area contributed by atoms with E-state index in [9.17, 15) is 30.0 Å². The summed E-state index contributed by atoms with van der Waals surface area (Å²) in [6.45, 7) is 1.61. The molecule has 1 atom stereocenters. The molecule has 2 N–H and O–H groups in total. The molecule has 1 aliphatic carbocycles. The highest BCUT2D eigenvalue weighted by atomic mass is 35.5. The number of benzene rings is 4. The fraction of sp³-hybridized carbons (Fsp3) is 0.391. The van der Waals surface area contributed by atoms with Gasteiger partial charge in [0.1, 0.15) is 17.0 Å². The first-order valence-electron chi connectivity index (χ1n) is 21.0. The van der Waals surface area contributed by atoms with Crippen LogP contribution in [0, 0.1) is 0 Å². The van der Waals surface area contributed by atoms with E-state index in [1.165, 1.54) is 23.7 Å². The molecule has 1 aromatic heterocycles. The molecule has 0 bridgehead atoms. The van der Waals surface area contributed by atoms with E-state index in [2.05, 4.69) is 37.0 Å². The maximum Gasteiger partial charge on any atom is 0.501 e. The van der Waals surface area contributed by atoms with Crippen LogP contribution in [0.4, 0.5) is 24.7 Å². The zero-order valence-corrected chi connectivity index (χ0v) is 39.0. The van der Waals surface area contributed by atoms with E-state index < -0.39 is 41.2 Å². The van der Waals surface area contributed by atoms with E-state index >= 15 is 0 Å². The number of halogens is 4. The minimum atomic E-state index is -5.99. The van der Waals surface area contributed by atoms with Gasteiger partial charge in [0.25, 0.3) is 19.9 Å². The number of anilines is 2. The van der Waals surface area contributed by atoms with Gasteiger partial charge in [-0.25, -0.2) is 26.8 Å². The number of hydrogen-bond acceptors (Lipinski definition) is 11. The molecule has 1 fully saturated rings. The molecule has 2 heterocycles. The largest absolute Gasteiger partial charge is 0.501 e. The molecule has 18 heteroatoms. The van der Waals surface area contributed by atoms with Crippen LogP contribution in [0.1, 0.15) is 48.9 Å². The Kier molecular flexibility index (Phi) is 15.0. The van der Waals surface area contributed by atoms with Crippen LogP contribution in [0.25, 0.3) is 11.1 Å². The lowest BCUT2D eigenvalue weighted by Gasteiger charge is -2.44. The minimum Gasteiger partial charge on any atom is -0.380 e. The average Bonchev–Trinajstić information content (AvgIpc) is 3.28. The van der Waals surface area contributed by atoms with Crippen molar-refractivity contribution in [1.82, 2.24) is 19.8 Å². The smallest absolute Gasteiger partial charge is 0.380 e. The van der Waals surface area contributed by atoms with Crippen LogP contribution < -0.4 is 10.0 Å². The number of ether oxygens (including phenoxy) is 1. The molecule has 5 aromatic rings. The van der Waals surface area contributed by atoms with Crippen molar-refractivity contribution in [2.24, 2.45) is 0 Å². The van der Waals surface area contributed by atoms with Gasteiger partial charge in [-0.3, -0.25) is 9.62 Å². The summed E-state index contributed by atoms with van der Waals surface area (Å²) in [5.41, 5.74) is -1.74. The first-order chi connectivity index (χ1) is 30.5. The summed E-state index contributed by atoms with van der Waals surface area (Å²) in [6, 6.07) is 28.1. The molecule has 1 aliphatic heterocycles. The lowest BCUT2D eigenvalue weighted by molar-refractivity contribution is -0.0565. The highest BCUT2D eigenvalue weighted by molar-refractivity contribution is 7.99. The van der Waals surface area contributed by atoms with E-state index in [1.54, 1.807) is 7.11 Å².